The van der Waals surface area contributed by atoms with Crippen molar-refractivity contribution in [1.29, 1.82) is 0 Å². The van der Waals surface area contributed by atoms with Crippen molar-refractivity contribution in [3.63, 3.8) is 0 Å². The van der Waals surface area contributed by atoms with Crippen molar-refractivity contribution in [1.82, 2.24) is 9.55 Å². The summed E-state index contributed by atoms with van der Waals surface area (Å²) in [7, 11) is 0. The predicted octanol–water partition coefficient (Wildman–Crippen LogP) is 3.73. The maximum atomic E-state index is 13.5. The number of nitrogens with zero attached hydrogens (tertiary/aromatic N) is 2. The monoisotopic (exact) mass is 404 g/mol. The number of rotatable bonds is 4. The Kier molecular flexibility index (Phi) is 4.86. The number of fused-ring (bicyclic) bond motifs is 3. The molecule has 3 heterocycles. The van der Waals surface area contributed by atoms with Crippen molar-refractivity contribution in [2.24, 2.45) is 0 Å². The molecule has 1 saturated carbocycles. The van der Waals surface area contributed by atoms with Gasteiger partial charge in [-0.15, -0.1) is 11.3 Å². The van der Waals surface area contributed by atoms with Gasteiger partial charge < -0.3 is 4.74 Å². The van der Waals surface area contributed by atoms with E-state index in [1.165, 1.54) is 22.2 Å². The molecular formula is C20H24N2O3S2. The number of carbonyl (C=O) groups excluding carboxylic acids is 1. The van der Waals surface area contributed by atoms with Gasteiger partial charge in [0, 0.05) is 17.9 Å². The fraction of sp³-hybridized carbons (Fsp3) is 0.650. The number of aromatic nitrogens is 2. The molecule has 1 aliphatic heterocycles. The van der Waals surface area contributed by atoms with E-state index >= 15 is 0 Å². The molecule has 2 atom stereocenters. The summed E-state index contributed by atoms with van der Waals surface area (Å²) in [6.45, 7) is 1.32. The summed E-state index contributed by atoms with van der Waals surface area (Å²) >= 11 is 3.18. The lowest BCUT2D eigenvalue weighted by atomic mass is 9.99. The molecule has 0 bridgehead atoms. The lowest BCUT2D eigenvalue weighted by molar-refractivity contribution is -0.119. The Labute approximate surface area is 166 Å². The molecule has 0 amide bonds. The number of ketones is 1. The van der Waals surface area contributed by atoms with Crippen LogP contribution in [0.2, 0.25) is 0 Å². The largest absolute Gasteiger partial charge is 0.376 e. The molecule has 1 saturated heterocycles. The highest BCUT2D eigenvalue weighted by molar-refractivity contribution is 8.00. The molecule has 5 nitrogen and oxygen atoms in total. The van der Waals surface area contributed by atoms with E-state index in [9.17, 15) is 9.59 Å². The second-order valence-electron chi connectivity index (χ2n) is 7.80. The minimum atomic E-state index is -0.0642. The summed E-state index contributed by atoms with van der Waals surface area (Å²) < 4.78 is 7.62. The van der Waals surface area contributed by atoms with Crippen LogP contribution in [0.15, 0.2) is 9.95 Å². The number of hydrogen-bond acceptors (Lipinski definition) is 6. The first kappa shape index (κ1) is 17.9. The van der Waals surface area contributed by atoms with Crippen molar-refractivity contribution in [3.8, 4) is 0 Å². The van der Waals surface area contributed by atoms with Crippen molar-refractivity contribution in [3.05, 3.63) is 20.8 Å². The number of thiophene rings is 1. The van der Waals surface area contributed by atoms with Gasteiger partial charge in [0.1, 0.15) is 10.6 Å². The van der Waals surface area contributed by atoms with Crippen LogP contribution in [0.1, 0.15) is 55.4 Å². The van der Waals surface area contributed by atoms with Gasteiger partial charge in [0.05, 0.1) is 23.3 Å². The van der Waals surface area contributed by atoms with Crippen LogP contribution in [0.4, 0.5) is 0 Å². The van der Waals surface area contributed by atoms with Gasteiger partial charge in [-0.05, 0) is 50.5 Å². The number of carbonyl (C=O) groups is 1. The summed E-state index contributed by atoms with van der Waals surface area (Å²) in [6, 6.07) is 0. The van der Waals surface area contributed by atoms with Crippen molar-refractivity contribution in [2.75, 3.05) is 6.61 Å². The predicted molar refractivity (Wildman–Crippen MR) is 108 cm³/mol. The second-order valence-corrected chi connectivity index (χ2v) is 10.1. The maximum Gasteiger partial charge on any atom is 0.263 e. The molecule has 3 aliphatic rings. The SMILES string of the molecule is O=C1CCCC[C@H]1Sc1nc2sc3c(c2c(=O)n1C[C@@H]1CCCO1)CCC3. The van der Waals surface area contributed by atoms with Crippen LogP contribution in [0.3, 0.4) is 0 Å². The topological polar surface area (TPSA) is 61.2 Å². The summed E-state index contributed by atoms with van der Waals surface area (Å²) in [6.07, 6.45) is 8.90. The standard InChI is InChI=1S/C20H24N2O3S2/c23-14-7-1-2-8-16(14)27-20-21-18-17(13-6-3-9-15(13)26-18)19(24)22(20)11-12-5-4-10-25-12/h12,16H,1-11H2/t12-,16+/m0/s1. The summed E-state index contributed by atoms with van der Waals surface area (Å²) in [5, 5.41) is 1.47. The number of Topliss-reactive ketones (excluding diaryl/α,β-unsaturated/α-hetero) is 1. The van der Waals surface area contributed by atoms with E-state index in [1.54, 1.807) is 11.3 Å². The zero-order valence-corrected chi connectivity index (χ0v) is 17.0. The third-order valence-corrected chi connectivity index (χ3v) is 8.44. The van der Waals surface area contributed by atoms with Crippen LogP contribution < -0.4 is 5.56 Å². The molecule has 0 unspecified atom stereocenters. The minimum Gasteiger partial charge on any atom is -0.376 e. The number of hydrogen-bond donors (Lipinski definition) is 0. The van der Waals surface area contributed by atoms with Gasteiger partial charge in [-0.3, -0.25) is 14.2 Å². The van der Waals surface area contributed by atoms with Gasteiger partial charge in [-0.2, -0.15) is 0 Å². The van der Waals surface area contributed by atoms with Crippen LogP contribution in [-0.4, -0.2) is 33.3 Å². The smallest absolute Gasteiger partial charge is 0.263 e. The first-order valence-corrected chi connectivity index (χ1v) is 11.8. The first-order chi connectivity index (χ1) is 13.2. The quantitative estimate of drug-likeness (QED) is 0.727. The second kappa shape index (κ2) is 7.33. The molecule has 0 radical (unpaired) electrons. The highest BCUT2D eigenvalue weighted by Crippen LogP contribution is 2.37. The molecule has 144 valence electrons. The summed E-state index contributed by atoms with van der Waals surface area (Å²) in [4.78, 5) is 32.9. The van der Waals surface area contributed by atoms with Crippen molar-refractivity contribution >= 4 is 39.1 Å². The molecule has 0 spiro atoms. The van der Waals surface area contributed by atoms with Gasteiger partial charge in [-0.25, -0.2) is 4.98 Å². The van der Waals surface area contributed by atoms with E-state index < -0.39 is 0 Å². The Morgan fingerprint density at radius 2 is 2.04 bits per heavy atom. The van der Waals surface area contributed by atoms with Crippen LogP contribution in [0.5, 0.6) is 0 Å². The van der Waals surface area contributed by atoms with Gasteiger partial charge in [0.25, 0.3) is 5.56 Å². The number of aryl methyl sites for hydroxylation is 2. The highest BCUT2D eigenvalue weighted by Gasteiger charge is 2.29. The van der Waals surface area contributed by atoms with Crippen molar-refractivity contribution in [2.45, 2.75) is 80.8 Å². The van der Waals surface area contributed by atoms with Crippen molar-refractivity contribution < 1.29 is 9.53 Å². The molecule has 2 fully saturated rings. The Morgan fingerprint density at radius 3 is 2.85 bits per heavy atom. The Balaban J connectivity index is 1.58. The van der Waals surface area contributed by atoms with Crippen LogP contribution in [0.25, 0.3) is 10.2 Å². The molecule has 27 heavy (non-hydrogen) atoms. The average Bonchev–Trinajstić information content (AvgIpc) is 3.37. The Hall–Kier alpha value is -1.18. The normalized spacial score (nSPS) is 25.4. The zero-order chi connectivity index (χ0) is 18.4. The highest BCUT2D eigenvalue weighted by atomic mass is 32.2. The first-order valence-electron chi connectivity index (χ1n) is 10.1. The fourth-order valence-corrected chi connectivity index (χ4v) is 7.03. The summed E-state index contributed by atoms with van der Waals surface area (Å²) in [5.41, 5.74) is 1.29. The van der Waals surface area contributed by atoms with E-state index in [1.807, 2.05) is 4.57 Å². The van der Waals surface area contributed by atoms with E-state index in [4.69, 9.17) is 9.72 Å². The van der Waals surface area contributed by atoms with Gasteiger partial charge in [0.2, 0.25) is 0 Å². The minimum absolute atomic E-state index is 0.0642. The molecule has 2 aliphatic carbocycles. The third-order valence-electron chi connectivity index (χ3n) is 5.95. The third kappa shape index (κ3) is 3.28. The molecule has 5 rings (SSSR count). The van der Waals surface area contributed by atoms with Gasteiger partial charge in [0.15, 0.2) is 5.16 Å². The molecule has 2 aromatic heterocycles. The molecule has 2 aromatic rings. The van der Waals surface area contributed by atoms with E-state index in [-0.39, 0.29) is 16.9 Å². The summed E-state index contributed by atoms with van der Waals surface area (Å²) in [5.74, 6) is 0.304. The maximum absolute atomic E-state index is 13.5. The fourth-order valence-electron chi connectivity index (χ4n) is 4.50. The lowest BCUT2D eigenvalue weighted by Gasteiger charge is -2.22. The molecule has 0 aromatic carbocycles. The number of thioether (sulfide) groups is 1. The number of ether oxygens (including phenoxy) is 1. The lowest BCUT2D eigenvalue weighted by Crippen LogP contribution is -2.30. The Bertz CT molecular complexity index is 943. The zero-order valence-electron chi connectivity index (χ0n) is 15.4. The van der Waals surface area contributed by atoms with Gasteiger partial charge >= 0.3 is 0 Å². The van der Waals surface area contributed by atoms with Crippen LogP contribution in [0, 0.1) is 0 Å². The Morgan fingerprint density at radius 1 is 1.11 bits per heavy atom. The molecule has 0 N–H and O–H groups in total. The van der Waals surface area contributed by atoms with Gasteiger partial charge in [-0.1, -0.05) is 18.2 Å². The molecular weight excluding hydrogens is 380 g/mol. The molecule has 7 heteroatoms. The van der Waals surface area contributed by atoms with E-state index in [0.29, 0.717) is 23.9 Å². The van der Waals surface area contributed by atoms with Crippen LogP contribution >= 0.6 is 23.1 Å². The van der Waals surface area contributed by atoms with Crippen LogP contribution in [-0.2, 0) is 28.9 Å². The average molecular weight is 405 g/mol. The van der Waals surface area contributed by atoms with E-state index in [2.05, 4.69) is 0 Å². The van der Waals surface area contributed by atoms with E-state index in [0.717, 1.165) is 68.2 Å².